The van der Waals surface area contributed by atoms with Gasteiger partial charge in [-0.05, 0) is 66.8 Å². The molecule has 1 aliphatic rings. The molecule has 2 heterocycles. The normalized spacial score (nSPS) is 14.6. The first-order chi connectivity index (χ1) is 19.3. The summed E-state index contributed by atoms with van der Waals surface area (Å²) in [6.45, 7) is 0.907. The third-order valence-electron chi connectivity index (χ3n) is 7.20. The van der Waals surface area contributed by atoms with E-state index in [-0.39, 0.29) is 6.04 Å². The van der Waals surface area contributed by atoms with Crippen molar-refractivity contribution in [2.45, 2.75) is 35.9 Å². The molecule has 0 atom stereocenters. The lowest BCUT2D eigenvalue weighted by atomic mass is 10.0. The number of benzene rings is 3. The number of piperidine rings is 1. The van der Waals surface area contributed by atoms with E-state index in [0.29, 0.717) is 40.6 Å². The number of rotatable bonds is 10. The van der Waals surface area contributed by atoms with Gasteiger partial charge in [0.2, 0.25) is 5.91 Å². The second kappa shape index (κ2) is 12.2. The van der Waals surface area contributed by atoms with Gasteiger partial charge in [0, 0.05) is 47.2 Å². The number of primary amides is 1. The van der Waals surface area contributed by atoms with E-state index < -0.39 is 15.9 Å². The van der Waals surface area contributed by atoms with E-state index in [2.05, 4.69) is 53.8 Å². The summed E-state index contributed by atoms with van der Waals surface area (Å²) in [7, 11) is -2.08. The highest BCUT2D eigenvalue weighted by molar-refractivity contribution is 7.91. The highest BCUT2D eigenvalue weighted by Gasteiger charge is 2.30. The molecule has 0 spiro atoms. The first-order valence-corrected chi connectivity index (χ1v) is 15.5. The summed E-state index contributed by atoms with van der Waals surface area (Å²) in [6.07, 6.45) is 2.68. The molecule has 0 unspecified atom stereocenters. The zero-order chi connectivity index (χ0) is 28.1. The fraction of sp³-hybridized carbons (Fsp3) is 0.258. The largest absolute Gasteiger partial charge is 0.496 e. The maximum atomic E-state index is 13.5. The minimum Gasteiger partial charge on any atom is -0.496 e. The lowest BCUT2D eigenvalue weighted by Crippen LogP contribution is -2.42. The molecule has 9 heteroatoms. The van der Waals surface area contributed by atoms with E-state index in [1.807, 2.05) is 6.07 Å². The first-order valence-electron chi connectivity index (χ1n) is 13.3. The van der Waals surface area contributed by atoms with Gasteiger partial charge in [-0.1, -0.05) is 48.5 Å². The van der Waals surface area contributed by atoms with Gasteiger partial charge in [-0.15, -0.1) is 11.3 Å². The van der Waals surface area contributed by atoms with Crippen LogP contribution in [0.3, 0.4) is 0 Å². The molecule has 0 aliphatic carbocycles. The summed E-state index contributed by atoms with van der Waals surface area (Å²) < 4.78 is 34.2. The number of nitrogens with zero attached hydrogens (tertiary/aromatic N) is 1. The van der Waals surface area contributed by atoms with Crippen molar-refractivity contribution in [2.75, 3.05) is 25.5 Å². The number of hydrogen-bond acceptors (Lipinski definition) is 6. The zero-order valence-electron chi connectivity index (χ0n) is 22.4. The van der Waals surface area contributed by atoms with Crippen molar-refractivity contribution < 1.29 is 17.9 Å². The molecule has 7 nitrogen and oxygen atoms in total. The number of methoxy groups -OCH3 is 1. The van der Waals surface area contributed by atoms with Gasteiger partial charge in [-0.3, -0.25) is 4.79 Å². The van der Waals surface area contributed by atoms with Gasteiger partial charge in [0.15, 0.2) is 0 Å². The summed E-state index contributed by atoms with van der Waals surface area (Å²) in [5.41, 5.74) is 10.2. The average Bonchev–Trinajstić information content (AvgIpc) is 3.44. The molecule has 1 saturated heterocycles. The molecule has 40 heavy (non-hydrogen) atoms. The Hall–Kier alpha value is -3.66. The Morgan fingerprint density at radius 1 is 0.950 bits per heavy atom. The van der Waals surface area contributed by atoms with Crippen molar-refractivity contribution in [1.82, 2.24) is 4.31 Å². The van der Waals surface area contributed by atoms with Gasteiger partial charge in [0.05, 0.1) is 7.11 Å². The average molecular weight is 576 g/mol. The van der Waals surface area contributed by atoms with E-state index >= 15 is 0 Å². The Morgan fingerprint density at radius 3 is 2.40 bits per heavy atom. The van der Waals surface area contributed by atoms with Gasteiger partial charge in [0.1, 0.15) is 9.96 Å². The Kier molecular flexibility index (Phi) is 8.54. The number of carbonyl (C=O) groups is 1. The standard InChI is InChI=1S/C31H33N3O4S2/c1-38-29-12-6-11-27(31(32)35)28(29)21-26-13-14-30(39-26)40(36,37)34-17-15-24(16-18-34)33-25-10-5-9-23(20-25)19-22-7-3-2-4-8-22/h2-14,20,24,33H,15-19,21H2,1H3,(H2,32,35). The van der Waals surface area contributed by atoms with Crippen LogP contribution in [-0.2, 0) is 22.9 Å². The second-order valence-electron chi connectivity index (χ2n) is 9.93. The van der Waals surface area contributed by atoms with Crippen LogP contribution in [0.4, 0.5) is 5.69 Å². The molecule has 0 bridgehead atoms. The van der Waals surface area contributed by atoms with Crippen LogP contribution in [-0.4, -0.2) is 44.9 Å². The summed E-state index contributed by atoms with van der Waals surface area (Å²) >= 11 is 1.22. The number of ether oxygens (including phenoxy) is 1. The number of nitrogens with two attached hydrogens (primary N) is 1. The molecule has 208 valence electrons. The van der Waals surface area contributed by atoms with E-state index in [1.54, 1.807) is 34.6 Å². The number of anilines is 1. The van der Waals surface area contributed by atoms with E-state index in [1.165, 1.54) is 29.6 Å². The number of amides is 1. The van der Waals surface area contributed by atoms with Crippen molar-refractivity contribution in [3.63, 3.8) is 0 Å². The summed E-state index contributed by atoms with van der Waals surface area (Å²) in [6, 6.07) is 27.6. The van der Waals surface area contributed by atoms with Crippen LogP contribution < -0.4 is 15.8 Å². The number of sulfonamides is 1. The molecule has 1 amide bonds. The number of nitrogens with one attached hydrogen (secondary N) is 1. The molecule has 1 fully saturated rings. The van der Waals surface area contributed by atoms with E-state index in [0.717, 1.165) is 29.8 Å². The Labute approximate surface area is 239 Å². The summed E-state index contributed by atoms with van der Waals surface area (Å²) in [5.74, 6) is 0.00647. The van der Waals surface area contributed by atoms with Crippen LogP contribution in [0.5, 0.6) is 5.75 Å². The second-order valence-corrected chi connectivity index (χ2v) is 13.3. The molecule has 0 radical (unpaired) electrons. The SMILES string of the molecule is COc1cccc(C(N)=O)c1Cc1ccc(S(=O)(=O)N2CCC(Nc3cccc(Cc4ccccc4)c3)CC2)s1. The highest BCUT2D eigenvalue weighted by Crippen LogP contribution is 2.32. The third kappa shape index (κ3) is 6.38. The molecule has 0 saturated carbocycles. The van der Waals surface area contributed by atoms with Crippen LogP contribution in [0, 0.1) is 0 Å². The van der Waals surface area contributed by atoms with Crippen molar-refractivity contribution >= 4 is 33.0 Å². The van der Waals surface area contributed by atoms with Crippen molar-refractivity contribution in [2.24, 2.45) is 5.73 Å². The van der Waals surface area contributed by atoms with Crippen LogP contribution >= 0.6 is 11.3 Å². The van der Waals surface area contributed by atoms with E-state index in [4.69, 9.17) is 10.5 Å². The molecule has 3 N–H and O–H groups in total. The topological polar surface area (TPSA) is 102 Å². The fourth-order valence-corrected chi connectivity index (χ4v) is 8.13. The van der Waals surface area contributed by atoms with Crippen LogP contribution in [0.15, 0.2) is 89.1 Å². The van der Waals surface area contributed by atoms with Crippen LogP contribution in [0.25, 0.3) is 0 Å². The van der Waals surface area contributed by atoms with Gasteiger partial charge in [-0.2, -0.15) is 4.31 Å². The molecule has 1 aromatic heterocycles. The van der Waals surface area contributed by atoms with Gasteiger partial charge in [0.25, 0.3) is 10.0 Å². The van der Waals surface area contributed by atoms with Crippen molar-refractivity contribution in [3.8, 4) is 5.75 Å². The Morgan fingerprint density at radius 2 is 1.68 bits per heavy atom. The van der Waals surface area contributed by atoms with Gasteiger partial charge < -0.3 is 15.8 Å². The third-order valence-corrected chi connectivity index (χ3v) is 10.7. The molecule has 1 aliphatic heterocycles. The Bertz CT molecular complexity index is 1580. The number of thiophene rings is 1. The minimum atomic E-state index is -3.61. The lowest BCUT2D eigenvalue weighted by Gasteiger charge is -2.31. The molecular formula is C31H33N3O4S2. The minimum absolute atomic E-state index is 0.204. The maximum Gasteiger partial charge on any atom is 0.252 e. The molecule has 3 aromatic carbocycles. The summed E-state index contributed by atoms with van der Waals surface area (Å²) in [4.78, 5) is 12.8. The van der Waals surface area contributed by atoms with Crippen molar-refractivity contribution in [1.29, 1.82) is 0 Å². The fourth-order valence-electron chi connectivity index (χ4n) is 5.14. The first kappa shape index (κ1) is 27.9. The quantitative estimate of drug-likeness (QED) is 0.267. The van der Waals surface area contributed by atoms with E-state index in [9.17, 15) is 13.2 Å². The van der Waals surface area contributed by atoms with Crippen LogP contribution in [0.2, 0.25) is 0 Å². The lowest BCUT2D eigenvalue weighted by molar-refractivity contribution is 0.0999. The van der Waals surface area contributed by atoms with Crippen LogP contribution in [0.1, 0.15) is 44.8 Å². The maximum absolute atomic E-state index is 13.5. The smallest absolute Gasteiger partial charge is 0.252 e. The summed E-state index contributed by atoms with van der Waals surface area (Å²) in [5, 5.41) is 3.61. The van der Waals surface area contributed by atoms with Gasteiger partial charge in [-0.25, -0.2) is 8.42 Å². The predicted octanol–water partition coefficient (Wildman–Crippen LogP) is 5.30. The zero-order valence-corrected chi connectivity index (χ0v) is 24.0. The number of hydrogen-bond donors (Lipinski definition) is 2. The Balaban J connectivity index is 1.21. The monoisotopic (exact) mass is 575 g/mol. The molecular weight excluding hydrogens is 542 g/mol. The molecule has 5 rings (SSSR count). The highest BCUT2D eigenvalue weighted by atomic mass is 32.2. The van der Waals surface area contributed by atoms with Gasteiger partial charge >= 0.3 is 0 Å². The predicted molar refractivity (Wildman–Crippen MR) is 160 cm³/mol. The van der Waals surface area contributed by atoms with Crippen molar-refractivity contribution in [3.05, 3.63) is 112 Å². The molecule has 4 aromatic rings. The number of carbonyl (C=O) groups excluding carboxylic acids is 1.